The van der Waals surface area contributed by atoms with E-state index in [4.69, 9.17) is 4.74 Å². The first-order valence-corrected chi connectivity index (χ1v) is 7.63. The Labute approximate surface area is 120 Å². The van der Waals surface area contributed by atoms with E-state index in [2.05, 4.69) is 20.2 Å². The molecule has 0 spiro atoms. The highest BCUT2D eigenvalue weighted by molar-refractivity contribution is 5.44. The third kappa shape index (κ3) is 3.20. The molecule has 2 heterocycles. The highest BCUT2D eigenvalue weighted by atomic mass is 16.5. The summed E-state index contributed by atoms with van der Waals surface area (Å²) >= 11 is 0. The van der Waals surface area contributed by atoms with Gasteiger partial charge < -0.3 is 15.0 Å². The standard InChI is InChI=1S/C15H24N4O/c1-11-17-14(8-15(18-11)20-2)19(13-5-6-13)10-12-4-3-7-16-9-12/h8,12-13,16H,3-7,9-10H2,1-2H3. The molecule has 110 valence electrons. The SMILES string of the molecule is COc1cc(N(CC2CCCNC2)C2CC2)nc(C)n1. The van der Waals surface area contributed by atoms with Gasteiger partial charge in [-0.15, -0.1) is 0 Å². The fourth-order valence-electron chi connectivity index (χ4n) is 2.95. The zero-order valence-corrected chi connectivity index (χ0v) is 12.4. The average molecular weight is 276 g/mol. The highest BCUT2D eigenvalue weighted by Crippen LogP contribution is 2.33. The van der Waals surface area contributed by atoms with E-state index in [1.54, 1.807) is 7.11 Å². The number of aromatic nitrogens is 2. The van der Waals surface area contributed by atoms with Gasteiger partial charge in [0.2, 0.25) is 5.88 Å². The number of hydrogen-bond acceptors (Lipinski definition) is 5. The lowest BCUT2D eigenvalue weighted by Gasteiger charge is -2.31. The topological polar surface area (TPSA) is 50.3 Å². The number of ether oxygens (including phenoxy) is 1. The van der Waals surface area contributed by atoms with Crippen LogP contribution in [0.5, 0.6) is 5.88 Å². The number of aryl methyl sites for hydroxylation is 1. The lowest BCUT2D eigenvalue weighted by atomic mass is 9.99. The maximum atomic E-state index is 5.29. The zero-order chi connectivity index (χ0) is 13.9. The van der Waals surface area contributed by atoms with Crippen LogP contribution in [0.3, 0.4) is 0 Å². The molecule has 2 fully saturated rings. The summed E-state index contributed by atoms with van der Waals surface area (Å²) in [6.07, 6.45) is 5.17. The first-order chi connectivity index (χ1) is 9.76. The molecular weight excluding hydrogens is 252 g/mol. The van der Waals surface area contributed by atoms with Crippen LogP contribution in [-0.2, 0) is 0 Å². The Balaban J connectivity index is 1.77. The van der Waals surface area contributed by atoms with Gasteiger partial charge in [-0.25, -0.2) is 4.98 Å². The molecule has 5 heteroatoms. The van der Waals surface area contributed by atoms with E-state index in [1.807, 2.05) is 13.0 Å². The van der Waals surface area contributed by atoms with Crippen molar-refractivity contribution in [3.63, 3.8) is 0 Å². The summed E-state index contributed by atoms with van der Waals surface area (Å²) in [4.78, 5) is 11.4. The van der Waals surface area contributed by atoms with Gasteiger partial charge >= 0.3 is 0 Å². The quantitative estimate of drug-likeness (QED) is 0.888. The molecule has 1 aliphatic heterocycles. The van der Waals surface area contributed by atoms with Crippen molar-refractivity contribution in [2.75, 3.05) is 31.6 Å². The van der Waals surface area contributed by atoms with Gasteiger partial charge in [0.25, 0.3) is 0 Å². The molecule has 0 amide bonds. The lowest BCUT2D eigenvalue weighted by Crippen LogP contribution is -2.39. The average Bonchev–Trinajstić information content (AvgIpc) is 3.29. The third-order valence-electron chi connectivity index (χ3n) is 4.15. The molecule has 1 saturated carbocycles. The van der Waals surface area contributed by atoms with Gasteiger partial charge in [0.05, 0.1) is 7.11 Å². The van der Waals surface area contributed by atoms with E-state index >= 15 is 0 Å². The van der Waals surface area contributed by atoms with Gasteiger partial charge in [0.15, 0.2) is 0 Å². The van der Waals surface area contributed by atoms with Crippen molar-refractivity contribution in [2.45, 2.75) is 38.6 Å². The molecule has 0 bridgehead atoms. The number of piperidine rings is 1. The Kier molecular flexibility index (Phi) is 4.05. The first-order valence-electron chi connectivity index (χ1n) is 7.63. The number of nitrogens with one attached hydrogen (secondary N) is 1. The number of anilines is 1. The molecule has 0 radical (unpaired) electrons. The Bertz CT molecular complexity index is 455. The molecule has 3 rings (SSSR count). The molecular formula is C15H24N4O. The smallest absolute Gasteiger partial charge is 0.218 e. The van der Waals surface area contributed by atoms with Crippen LogP contribution in [-0.4, -0.2) is 42.8 Å². The van der Waals surface area contributed by atoms with Crippen molar-refractivity contribution in [1.82, 2.24) is 15.3 Å². The predicted octanol–water partition coefficient (Wildman–Crippen LogP) is 1.76. The maximum absolute atomic E-state index is 5.29. The van der Waals surface area contributed by atoms with Crippen LogP contribution < -0.4 is 15.0 Å². The largest absolute Gasteiger partial charge is 0.481 e. The number of methoxy groups -OCH3 is 1. The van der Waals surface area contributed by atoms with E-state index in [9.17, 15) is 0 Å². The van der Waals surface area contributed by atoms with Gasteiger partial charge in [-0.1, -0.05) is 0 Å². The van der Waals surface area contributed by atoms with Gasteiger partial charge in [0.1, 0.15) is 11.6 Å². The van der Waals surface area contributed by atoms with E-state index in [-0.39, 0.29) is 0 Å². The molecule has 2 aliphatic rings. The third-order valence-corrected chi connectivity index (χ3v) is 4.15. The summed E-state index contributed by atoms with van der Waals surface area (Å²) in [6, 6.07) is 2.64. The zero-order valence-electron chi connectivity index (χ0n) is 12.4. The Hall–Kier alpha value is -1.36. The summed E-state index contributed by atoms with van der Waals surface area (Å²) in [7, 11) is 1.66. The second kappa shape index (κ2) is 5.95. The Morgan fingerprint density at radius 2 is 2.20 bits per heavy atom. The first kappa shape index (κ1) is 13.6. The van der Waals surface area contributed by atoms with Gasteiger partial charge in [-0.05, 0) is 51.6 Å². The van der Waals surface area contributed by atoms with Crippen LogP contribution in [0.15, 0.2) is 6.07 Å². The van der Waals surface area contributed by atoms with Crippen LogP contribution in [0.4, 0.5) is 5.82 Å². The van der Waals surface area contributed by atoms with Gasteiger partial charge in [0, 0.05) is 18.7 Å². The molecule has 1 N–H and O–H groups in total. The summed E-state index contributed by atoms with van der Waals surface area (Å²) in [5, 5.41) is 3.50. The van der Waals surface area contributed by atoms with Gasteiger partial charge in [-0.2, -0.15) is 4.98 Å². The fraction of sp³-hybridized carbons (Fsp3) is 0.733. The van der Waals surface area contributed by atoms with Crippen molar-refractivity contribution in [3.05, 3.63) is 11.9 Å². The molecule has 1 saturated heterocycles. The minimum atomic E-state index is 0.663. The normalized spacial score (nSPS) is 22.6. The molecule has 1 aromatic rings. The van der Waals surface area contributed by atoms with Crippen molar-refractivity contribution in [1.29, 1.82) is 0 Å². The van der Waals surface area contributed by atoms with Crippen molar-refractivity contribution in [3.8, 4) is 5.88 Å². The number of nitrogens with zero attached hydrogens (tertiary/aromatic N) is 3. The minimum Gasteiger partial charge on any atom is -0.481 e. The molecule has 1 unspecified atom stereocenters. The van der Waals surface area contributed by atoms with Crippen LogP contribution in [0.2, 0.25) is 0 Å². The van der Waals surface area contributed by atoms with Crippen LogP contribution >= 0.6 is 0 Å². The van der Waals surface area contributed by atoms with Crippen molar-refractivity contribution in [2.24, 2.45) is 5.92 Å². The van der Waals surface area contributed by atoms with Crippen molar-refractivity contribution < 1.29 is 4.74 Å². The lowest BCUT2D eigenvalue weighted by molar-refractivity contribution is 0.374. The van der Waals surface area contributed by atoms with Crippen molar-refractivity contribution >= 4 is 5.82 Å². The molecule has 1 atom stereocenters. The molecule has 20 heavy (non-hydrogen) atoms. The number of hydrogen-bond donors (Lipinski definition) is 1. The minimum absolute atomic E-state index is 0.663. The summed E-state index contributed by atoms with van der Waals surface area (Å²) in [6.45, 7) is 5.32. The van der Waals surface area contributed by atoms with Crippen LogP contribution in [0, 0.1) is 12.8 Å². The second-order valence-electron chi connectivity index (χ2n) is 5.91. The van der Waals surface area contributed by atoms with E-state index < -0.39 is 0 Å². The van der Waals surface area contributed by atoms with E-state index in [1.165, 1.54) is 32.2 Å². The van der Waals surface area contributed by atoms with Gasteiger partial charge in [-0.3, -0.25) is 0 Å². The summed E-state index contributed by atoms with van der Waals surface area (Å²) < 4.78 is 5.29. The van der Waals surface area contributed by atoms with Crippen LogP contribution in [0.25, 0.3) is 0 Å². The molecule has 5 nitrogen and oxygen atoms in total. The Morgan fingerprint density at radius 3 is 2.85 bits per heavy atom. The molecule has 0 aromatic carbocycles. The molecule has 1 aliphatic carbocycles. The highest BCUT2D eigenvalue weighted by Gasteiger charge is 2.32. The predicted molar refractivity (Wildman–Crippen MR) is 79.3 cm³/mol. The van der Waals surface area contributed by atoms with E-state index in [0.29, 0.717) is 11.9 Å². The second-order valence-corrected chi connectivity index (χ2v) is 5.91. The summed E-state index contributed by atoms with van der Waals surface area (Å²) in [5.41, 5.74) is 0. The Morgan fingerprint density at radius 1 is 1.35 bits per heavy atom. The number of rotatable bonds is 5. The monoisotopic (exact) mass is 276 g/mol. The summed E-state index contributed by atoms with van der Waals surface area (Å²) in [5.74, 6) is 3.21. The maximum Gasteiger partial charge on any atom is 0.218 e. The van der Waals surface area contributed by atoms with Crippen LogP contribution in [0.1, 0.15) is 31.5 Å². The molecule has 1 aromatic heterocycles. The van der Waals surface area contributed by atoms with E-state index in [0.717, 1.165) is 30.6 Å². The fourth-order valence-corrected chi connectivity index (χ4v) is 2.95.